The van der Waals surface area contributed by atoms with Gasteiger partial charge in [0.15, 0.2) is 5.82 Å². The number of rotatable bonds is 4. The predicted molar refractivity (Wildman–Crippen MR) is 83.4 cm³/mol. The Hall–Kier alpha value is -1.42. The number of nitrogens with zero attached hydrogens (tertiary/aromatic N) is 2. The zero-order chi connectivity index (χ0) is 13.8. The van der Waals surface area contributed by atoms with Crippen molar-refractivity contribution in [3.05, 3.63) is 40.0 Å². The summed E-state index contributed by atoms with van der Waals surface area (Å²) in [7, 11) is 0. The van der Waals surface area contributed by atoms with Gasteiger partial charge in [-0.05, 0) is 38.0 Å². The average Bonchev–Trinajstić information content (AvgIpc) is 2.35. The second kappa shape index (κ2) is 6.15. The second-order valence-corrected chi connectivity index (χ2v) is 5.48. The van der Waals surface area contributed by atoms with Crippen LogP contribution in [0.25, 0.3) is 11.4 Å². The Balaban J connectivity index is 2.41. The van der Waals surface area contributed by atoms with Crippen LogP contribution < -0.4 is 5.32 Å². The Bertz CT molecular complexity index is 582. The van der Waals surface area contributed by atoms with Crippen LogP contribution in [0.1, 0.15) is 24.6 Å². The zero-order valence-electron chi connectivity index (χ0n) is 11.5. The van der Waals surface area contributed by atoms with Crippen LogP contribution in [-0.2, 0) is 0 Å². The maximum Gasteiger partial charge on any atom is 0.162 e. The van der Waals surface area contributed by atoms with E-state index in [0.29, 0.717) is 0 Å². The Morgan fingerprint density at radius 2 is 1.95 bits per heavy atom. The number of halogens is 1. The summed E-state index contributed by atoms with van der Waals surface area (Å²) in [6, 6.07) is 8.18. The lowest BCUT2D eigenvalue weighted by molar-refractivity contribution is 0.962. The second-order valence-electron chi connectivity index (χ2n) is 4.63. The highest BCUT2D eigenvalue weighted by Crippen LogP contribution is 2.27. The number of benzene rings is 1. The van der Waals surface area contributed by atoms with E-state index in [9.17, 15) is 0 Å². The predicted octanol–water partition coefficient (Wildman–Crippen LogP) is 4.34. The first-order valence-electron chi connectivity index (χ1n) is 6.46. The van der Waals surface area contributed by atoms with Crippen LogP contribution in [0.3, 0.4) is 0 Å². The van der Waals surface area contributed by atoms with Gasteiger partial charge >= 0.3 is 0 Å². The molecule has 0 radical (unpaired) electrons. The summed E-state index contributed by atoms with van der Waals surface area (Å²) in [6.07, 6.45) is 1.08. The summed E-state index contributed by atoms with van der Waals surface area (Å²) in [5.41, 5.74) is 3.21. The van der Waals surface area contributed by atoms with Crippen molar-refractivity contribution in [2.45, 2.75) is 27.2 Å². The SMILES string of the molecule is CCCNc1cc(C)nc(-c2ccc(C)cc2Br)n1. The molecule has 100 valence electrons. The number of hydrogen-bond acceptors (Lipinski definition) is 3. The Morgan fingerprint density at radius 1 is 1.16 bits per heavy atom. The van der Waals surface area contributed by atoms with Gasteiger partial charge in [0.2, 0.25) is 0 Å². The number of anilines is 1. The molecular formula is C15H18BrN3. The van der Waals surface area contributed by atoms with Gasteiger partial charge < -0.3 is 5.32 Å². The van der Waals surface area contributed by atoms with Crippen LogP contribution in [0.5, 0.6) is 0 Å². The number of hydrogen-bond donors (Lipinski definition) is 1. The average molecular weight is 320 g/mol. The summed E-state index contributed by atoms with van der Waals surface area (Å²) in [4.78, 5) is 9.10. The molecule has 1 aromatic heterocycles. The molecule has 19 heavy (non-hydrogen) atoms. The fourth-order valence-corrected chi connectivity index (χ4v) is 2.50. The highest BCUT2D eigenvalue weighted by atomic mass is 79.9. The van der Waals surface area contributed by atoms with Crippen molar-refractivity contribution < 1.29 is 0 Å². The van der Waals surface area contributed by atoms with E-state index in [1.54, 1.807) is 0 Å². The lowest BCUT2D eigenvalue weighted by Crippen LogP contribution is -2.04. The lowest BCUT2D eigenvalue weighted by Gasteiger charge is -2.09. The zero-order valence-corrected chi connectivity index (χ0v) is 13.1. The van der Waals surface area contributed by atoms with Crippen LogP contribution in [-0.4, -0.2) is 16.5 Å². The number of nitrogens with one attached hydrogen (secondary N) is 1. The van der Waals surface area contributed by atoms with Crippen molar-refractivity contribution in [3.8, 4) is 11.4 Å². The summed E-state index contributed by atoms with van der Waals surface area (Å²) < 4.78 is 1.03. The van der Waals surface area contributed by atoms with Gasteiger partial charge in [-0.1, -0.05) is 28.9 Å². The molecule has 0 saturated carbocycles. The van der Waals surface area contributed by atoms with E-state index in [1.165, 1.54) is 5.56 Å². The fourth-order valence-electron chi connectivity index (χ4n) is 1.83. The van der Waals surface area contributed by atoms with Gasteiger partial charge in [-0.3, -0.25) is 0 Å². The first-order chi connectivity index (χ1) is 9.10. The molecule has 0 aliphatic heterocycles. The van der Waals surface area contributed by atoms with E-state index < -0.39 is 0 Å². The van der Waals surface area contributed by atoms with Gasteiger partial charge in [-0.2, -0.15) is 0 Å². The molecule has 2 aromatic rings. The molecule has 1 heterocycles. The van der Waals surface area contributed by atoms with Crippen molar-refractivity contribution >= 4 is 21.7 Å². The largest absolute Gasteiger partial charge is 0.370 e. The van der Waals surface area contributed by atoms with E-state index >= 15 is 0 Å². The molecule has 0 saturated heterocycles. The van der Waals surface area contributed by atoms with E-state index in [0.717, 1.165) is 40.3 Å². The van der Waals surface area contributed by atoms with Gasteiger partial charge in [-0.15, -0.1) is 0 Å². The molecule has 1 N–H and O–H groups in total. The summed E-state index contributed by atoms with van der Waals surface area (Å²) in [6.45, 7) is 7.12. The van der Waals surface area contributed by atoms with Crippen LogP contribution in [0.4, 0.5) is 5.82 Å². The van der Waals surface area contributed by atoms with Gasteiger partial charge in [0.25, 0.3) is 0 Å². The number of aryl methyl sites for hydroxylation is 2. The van der Waals surface area contributed by atoms with Crippen molar-refractivity contribution in [1.82, 2.24) is 9.97 Å². The Morgan fingerprint density at radius 3 is 2.63 bits per heavy atom. The fraction of sp³-hybridized carbons (Fsp3) is 0.333. The molecule has 0 aliphatic rings. The van der Waals surface area contributed by atoms with Crippen LogP contribution >= 0.6 is 15.9 Å². The third-order valence-electron chi connectivity index (χ3n) is 2.78. The standard InChI is InChI=1S/C15H18BrN3/c1-4-7-17-14-9-11(3)18-15(19-14)12-6-5-10(2)8-13(12)16/h5-6,8-9H,4,7H2,1-3H3,(H,17,18,19). The van der Waals surface area contributed by atoms with E-state index in [4.69, 9.17) is 0 Å². The normalized spacial score (nSPS) is 10.5. The summed E-state index contributed by atoms with van der Waals surface area (Å²) in [5, 5.41) is 3.31. The third kappa shape index (κ3) is 3.53. The summed E-state index contributed by atoms with van der Waals surface area (Å²) in [5.74, 6) is 1.64. The first-order valence-corrected chi connectivity index (χ1v) is 7.25. The topological polar surface area (TPSA) is 37.8 Å². The highest BCUT2D eigenvalue weighted by molar-refractivity contribution is 9.10. The third-order valence-corrected chi connectivity index (χ3v) is 3.43. The molecule has 0 fully saturated rings. The minimum absolute atomic E-state index is 0.755. The quantitative estimate of drug-likeness (QED) is 0.910. The molecule has 4 heteroatoms. The van der Waals surface area contributed by atoms with E-state index in [-0.39, 0.29) is 0 Å². The molecule has 0 atom stereocenters. The molecule has 0 amide bonds. The molecule has 0 spiro atoms. The van der Waals surface area contributed by atoms with Crippen molar-refractivity contribution in [2.75, 3.05) is 11.9 Å². The van der Waals surface area contributed by atoms with Gasteiger partial charge in [0.1, 0.15) is 5.82 Å². The maximum absolute atomic E-state index is 4.58. The van der Waals surface area contributed by atoms with E-state index in [1.807, 2.05) is 13.0 Å². The van der Waals surface area contributed by atoms with Crippen LogP contribution in [0, 0.1) is 13.8 Å². The molecule has 0 aliphatic carbocycles. The monoisotopic (exact) mass is 319 g/mol. The smallest absolute Gasteiger partial charge is 0.162 e. The van der Waals surface area contributed by atoms with Crippen molar-refractivity contribution in [2.24, 2.45) is 0 Å². The molecular weight excluding hydrogens is 302 g/mol. The van der Waals surface area contributed by atoms with Crippen LogP contribution in [0.2, 0.25) is 0 Å². The molecule has 0 bridgehead atoms. The lowest BCUT2D eigenvalue weighted by atomic mass is 10.1. The molecule has 1 aromatic carbocycles. The summed E-state index contributed by atoms with van der Waals surface area (Å²) >= 11 is 3.59. The molecule has 2 rings (SSSR count). The first kappa shape index (κ1) is 14.0. The molecule has 3 nitrogen and oxygen atoms in total. The maximum atomic E-state index is 4.58. The van der Waals surface area contributed by atoms with Gasteiger partial charge in [0.05, 0.1) is 0 Å². The Kier molecular flexibility index (Phi) is 4.53. The van der Waals surface area contributed by atoms with E-state index in [2.05, 4.69) is 63.3 Å². The minimum Gasteiger partial charge on any atom is -0.370 e. The van der Waals surface area contributed by atoms with Crippen LogP contribution in [0.15, 0.2) is 28.7 Å². The molecule has 0 unspecified atom stereocenters. The minimum atomic E-state index is 0.755. The highest BCUT2D eigenvalue weighted by Gasteiger charge is 2.08. The van der Waals surface area contributed by atoms with Crippen molar-refractivity contribution in [1.29, 1.82) is 0 Å². The van der Waals surface area contributed by atoms with Gasteiger partial charge in [-0.25, -0.2) is 9.97 Å². The van der Waals surface area contributed by atoms with Crippen molar-refractivity contribution in [3.63, 3.8) is 0 Å². The van der Waals surface area contributed by atoms with Gasteiger partial charge in [0, 0.05) is 28.3 Å². The number of aromatic nitrogens is 2. The Labute approximate surface area is 122 Å².